The molecule has 76 valence electrons. The third-order valence-electron chi connectivity index (χ3n) is 2.61. The summed E-state index contributed by atoms with van der Waals surface area (Å²) < 4.78 is 5.58. The Hall–Kier alpha value is -1.02. The van der Waals surface area contributed by atoms with E-state index in [-0.39, 0.29) is 0 Å². The Morgan fingerprint density at radius 2 is 2.21 bits per heavy atom. The molecule has 2 rings (SSSR count). The second-order valence-electron chi connectivity index (χ2n) is 4.16. The first-order chi connectivity index (χ1) is 6.75. The smallest absolute Gasteiger partial charge is 0.0736 e. The average molecular weight is 191 g/mol. The summed E-state index contributed by atoms with van der Waals surface area (Å²) in [4.78, 5) is 0. The number of rotatable bonds is 4. The lowest BCUT2D eigenvalue weighted by Gasteiger charge is -2.07. The molecule has 0 atom stereocenters. The van der Waals surface area contributed by atoms with Crippen LogP contribution in [0.25, 0.3) is 0 Å². The van der Waals surface area contributed by atoms with Gasteiger partial charge in [0.05, 0.1) is 6.61 Å². The Bertz CT molecular complexity index is 318. The van der Waals surface area contributed by atoms with Crippen molar-refractivity contribution in [2.45, 2.75) is 26.4 Å². The van der Waals surface area contributed by atoms with Crippen LogP contribution in [0.15, 0.2) is 18.2 Å². The van der Waals surface area contributed by atoms with E-state index in [1.54, 1.807) is 0 Å². The molecule has 0 amide bonds. The number of anilines is 1. The molecule has 0 heterocycles. The van der Waals surface area contributed by atoms with Crippen molar-refractivity contribution in [3.8, 4) is 0 Å². The molecule has 1 aromatic rings. The SMILES string of the molecule is Cc1ccc(COCC2CC2)c(N)c1. The zero-order valence-electron chi connectivity index (χ0n) is 8.62. The van der Waals surface area contributed by atoms with Crippen molar-refractivity contribution >= 4 is 5.69 Å². The van der Waals surface area contributed by atoms with Gasteiger partial charge in [-0.2, -0.15) is 0 Å². The lowest BCUT2D eigenvalue weighted by molar-refractivity contribution is 0.111. The van der Waals surface area contributed by atoms with Gasteiger partial charge in [0.15, 0.2) is 0 Å². The highest BCUT2D eigenvalue weighted by Crippen LogP contribution is 2.29. The van der Waals surface area contributed by atoms with E-state index in [2.05, 4.69) is 12.1 Å². The van der Waals surface area contributed by atoms with Crippen molar-refractivity contribution in [3.05, 3.63) is 29.3 Å². The molecule has 2 heteroatoms. The minimum absolute atomic E-state index is 0.655. The fraction of sp³-hybridized carbons (Fsp3) is 0.500. The molecule has 1 aliphatic carbocycles. The van der Waals surface area contributed by atoms with E-state index >= 15 is 0 Å². The number of nitrogens with two attached hydrogens (primary N) is 1. The number of hydrogen-bond acceptors (Lipinski definition) is 2. The maximum atomic E-state index is 5.87. The summed E-state index contributed by atoms with van der Waals surface area (Å²) in [6, 6.07) is 6.12. The normalized spacial score (nSPS) is 15.8. The van der Waals surface area contributed by atoms with E-state index < -0.39 is 0 Å². The Labute approximate surface area is 85.1 Å². The molecule has 0 bridgehead atoms. The second kappa shape index (κ2) is 4.01. The maximum absolute atomic E-state index is 5.87. The highest BCUT2D eigenvalue weighted by molar-refractivity contribution is 5.48. The molecule has 0 radical (unpaired) electrons. The molecule has 0 saturated heterocycles. The van der Waals surface area contributed by atoms with E-state index in [0.29, 0.717) is 6.61 Å². The van der Waals surface area contributed by atoms with Crippen LogP contribution in [-0.2, 0) is 11.3 Å². The lowest BCUT2D eigenvalue weighted by Crippen LogP contribution is -2.00. The standard InChI is InChI=1S/C12H17NO/c1-9-2-5-11(12(13)6-9)8-14-7-10-3-4-10/h2,5-6,10H,3-4,7-8,13H2,1H3. The van der Waals surface area contributed by atoms with Crippen LogP contribution in [0.5, 0.6) is 0 Å². The van der Waals surface area contributed by atoms with Crippen LogP contribution >= 0.6 is 0 Å². The zero-order chi connectivity index (χ0) is 9.97. The van der Waals surface area contributed by atoms with Gasteiger partial charge in [-0.1, -0.05) is 12.1 Å². The summed E-state index contributed by atoms with van der Waals surface area (Å²) in [6.07, 6.45) is 2.67. The highest BCUT2D eigenvalue weighted by Gasteiger charge is 2.21. The molecular weight excluding hydrogens is 174 g/mol. The molecule has 0 aromatic heterocycles. The van der Waals surface area contributed by atoms with Crippen LogP contribution in [0.3, 0.4) is 0 Å². The van der Waals surface area contributed by atoms with Crippen LogP contribution in [0, 0.1) is 12.8 Å². The summed E-state index contributed by atoms with van der Waals surface area (Å²) in [6.45, 7) is 3.60. The molecule has 2 N–H and O–H groups in total. The van der Waals surface area contributed by atoms with Crippen molar-refractivity contribution in [1.82, 2.24) is 0 Å². The van der Waals surface area contributed by atoms with Gasteiger partial charge in [0, 0.05) is 17.9 Å². The van der Waals surface area contributed by atoms with Crippen molar-refractivity contribution in [2.75, 3.05) is 12.3 Å². The fourth-order valence-electron chi connectivity index (χ4n) is 1.47. The molecule has 1 aliphatic rings. The molecule has 0 aliphatic heterocycles. The molecule has 0 unspecified atom stereocenters. The molecule has 0 spiro atoms. The minimum atomic E-state index is 0.655. The summed E-state index contributed by atoms with van der Waals surface area (Å²) in [7, 11) is 0. The maximum Gasteiger partial charge on any atom is 0.0736 e. The summed E-state index contributed by atoms with van der Waals surface area (Å²) in [5, 5.41) is 0. The summed E-state index contributed by atoms with van der Waals surface area (Å²) in [5.74, 6) is 0.821. The lowest BCUT2D eigenvalue weighted by atomic mass is 10.1. The van der Waals surface area contributed by atoms with Gasteiger partial charge in [0.2, 0.25) is 0 Å². The topological polar surface area (TPSA) is 35.2 Å². The molecule has 1 fully saturated rings. The minimum Gasteiger partial charge on any atom is -0.398 e. The van der Waals surface area contributed by atoms with E-state index in [1.807, 2.05) is 13.0 Å². The second-order valence-corrected chi connectivity index (χ2v) is 4.16. The van der Waals surface area contributed by atoms with Crippen LogP contribution in [0.4, 0.5) is 5.69 Å². The average Bonchev–Trinajstić information content (AvgIpc) is 2.92. The predicted molar refractivity (Wildman–Crippen MR) is 58.0 cm³/mol. The molecule has 1 saturated carbocycles. The van der Waals surface area contributed by atoms with E-state index in [9.17, 15) is 0 Å². The first-order valence-corrected chi connectivity index (χ1v) is 5.18. The van der Waals surface area contributed by atoms with Gasteiger partial charge in [-0.15, -0.1) is 0 Å². The van der Waals surface area contributed by atoms with Crippen LogP contribution in [0.1, 0.15) is 24.0 Å². The Morgan fingerprint density at radius 3 is 2.86 bits per heavy atom. The number of aryl methyl sites for hydroxylation is 1. The molecule has 1 aromatic carbocycles. The van der Waals surface area contributed by atoms with Gasteiger partial charge in [-0.05, 0) is 37.3 Å². The molecule has 14 heavy (non-hydrogen) atoms. The number of benzene rings is 1. The highest BCUT2D eigenvalue weighted by atomic mass is 16.5. The summed E-state index contributed by atoms with van der Waals surface area (Å²) >= 11 is 0. The van der Waals surface area contributed by atoms with Gasteiger partial charge < -0.3 is 10.5 Å². The molecular formula is C12H17NO. The van der Waals surface area contributed by atoms with Crippen molar-refractivity contribution < 1.29 is 4.74 Å². The first kappa shape index (κ1) is 9.53. The van der Waals surface area contributed by atoms with Crippen molar-refractivity contribution in [1.29, 1.82) is 0 Å². The third kappa shape index (κ3) is 2.48. The Kier molecular flexibility index (Phi) is 2.73. The predicted octanol–water partition coefficient (Wildman–Crippen LogP) is 2.50. The van der Waals surface area contributed by atoms with Gasteiger partial charge in [-0.25, -0.2) is 0 Å². The zero-order valence-corrected chi connectivity index (χ0v) is 8.62. The number of hydrogen-bond donors (Lipinski definition) is 1. The van der Waals surface area contributed by atoms with Gasteiger partial charge in [0.25, 0.3) is 0 Å². The van der Waals surface area contributed by atoms with Crippen LogP contribution in [-0.4, -0.2) is 6.61 Å². The van der Waals surface area contributed by atoms with Crippen LogP contribution in [0.2, 0.25) is 0 Å². The fourth-order valence-corrected chi connectivity index (χ4v) is 1.47. The largest absolute Gasteiger partial charge is 0.398 e. The van der Waals surface area contributed by atoms with Crippen molar-refractivity contribution in [2.24, 2.45) is 5.92 Å². The van der Waals surface area contributed by atoms with Gasteiger partial charge >= 0.3 is 0 Å². The summed E-state index contributed by atoms with van der Waals surface area (Å²) in [5.41, 5.74) is 9.03. The third-order valence-corrected chi connectivity index (χ3v) is 2.61. The van der Waals surface area contributed by atoms with Gasteiger partial charge in [0.1, 0.15) is 0 Å². The number of nitrogen functional groups attached to an aromatic ring is 1. The van der Waals surface area contributed by atoms with E-state index in [0.717, 1.165) is 23.8 Å². The number of ether oxygens (including phenoxy) is 1. The van der Waals surface area contributed by atoms with Gasteiger partial charge in [-0.3, -0.25) is 0 Å². The monoisotopic (exact) mass is 191 g/mol. The Balaban J connectivity index is 1.87. The molecule has 2 nitrogen and oxygen atoms in total. The quantitative estimate of drug-likeness (QED) is 0.742. The van der Waals surface area contributed by atoms with Crippen molar-refractivity contribution in [3.63, 3.8) is 0 Å². The first-order valence-electron chi connectivity index (χ1n) is 5.18. The van der Waals surface area contributed by atoms with Crippen LogP contribution < -0.4 is 5.73 Å². The Morgan fingerprint density at radius 1 is 1.43 bits per heavy atom. The van der Waals surface area contributed by atoms with E-state index in [4.69, 9.17) is 10.5 Å². The van der Waals surface area contributed by atoms with E-state index in [1.165, 1.54) is 18.4 Å².